The van der Waals surface area contributed by atoms with Crippen molar-refractivity contribution in [3.8, 4) is 5.75 Å². The molecule has 0 saturated carbocycles. The van der Waals surface area contributed by atoms with Gasteiger partial charge in [0.05, 0.1) is 11.6 Å². The Bertz CT molecular complexity index is 1170. The lowest BCUT2D eigenvalue weighted by molar-refractivity contribution is -0.125. The zero-order valence-electron chi connectivity index (χ0n) is 18.2. The largest absolute Gasteiger partial charge is 0.482 e. The van der Waals surface area contributed by atoms with Crippen molar-refractivity contribution in [3.63, 3.8) is 0 Å². The zero-order valence-corrected chi connectivity index (χ0v) is 19.7. The number of nitrogens with one attached hydrogen (secondary N) is 3. The first-order valence-corrected chi connectivity index (χ1v) is 11.5. The fraction of sp³-hybridized carbons (Fsp3) is 0.160. The normalized spacial score (nSPS) is 15.0. The van der Waals surface area contributed by atoms with Crippen LogP contribution in [0.4, 0.5) is 17.1 Å². The summed E-state index contributed by atoms with van der Waals surface area (Å²) in [6.45, 7) is 0.0974. The molecule has 1 aliphatic rings. The number of para-hydroxylation sites is 2. The maximum Gasteiger partial charge on any atom is 0.262 e. The summed E-state index contributed by atoms with van der Waals surface area (Å²) in [4.78, 5) is 39.0. The lowest BCUT2D eigenvalue weighted by Crippen LogP contribution is -2.36. The summed E-state index contributed by atoms with van der Waals surface area (Å²) < 4.78 is 6.43. The number of nitrogens with zero attached hydrogens (tertiary/aromatic N) is 1. The maximum atomic E-state index is 12.7. The van der Waals surface area contributed by atoms with E-state index in [9.17, 15) is 14.4 Å². The molecule has 0 bridgehead atoms. The van der Waals surface area contributed by atoms with Gasteiger partial charge in [0.2, 0.25) is 11.8 Å². The van der Waals surface area contributed by atoms with Crippen LogP contribution in [-0.4, -0.2) is 30.9 Å². The monoisotopic (exact) mass is 522 g/mol. The third-order valence-electron chi connectivity index (χ3n) is 5.24. The third kappa shape index (κ3) is 5.93. The van der Waals surface area contributed by atoms with Crippen molar-refractivity contribution in [1.29, 1.82) is 0 Å². The molecule has 0 aliphatic carbocycles. The summed E-state index contributed by atoms with van der Waals surface area (Å²) in [5.74, 6) is -0.815. The molecule has 174 valence electrons. The van der Waals surface area contributed by atoms with Crippen LogP contribution in [0.5, 0.6) is 5.75 Å². The van der Waals surface area contributed by atoms with E-state index in [1.54, 1.807) is 35.2 Å². The van der Waals surface area contributed by atoms with E-state index >= 15 is 0 Å². The molecule has 0 aromatic heterocycles. The van der Waals surface area contributed by atoms with Crippen molar-refractivity contribution in [2.24, 2.45) is 5.92 Å². The molecule has 3 aromatic rings. The molecule has 0 radical (unpaired) electrons. The molecule has 0 spiro atoms. The van der Waals surface area contributed by atoms with E-state index in [0.29, 0.717) is 23.7 Å². The van der Waals surface area contributed by atoms with Crippen LogP contribution in [0.2, 0.25) is 0 Å². The number of hydrazine groups is 1. The summed E-state index contributed by atoms with van der Waals surface area (Å²) >= 11 is 3.40. The molecule has 3 amide bonds. The second-order valence-corrected chi connectivity index (χ2v) is 8.61. The Morgan fingerprint density at radius 3 is 2.44 bits per heavy atom. The Kier molecular flexibility index (Phi) is 7.44. The first-order chi connectivity index (χ1) is 16.5. The van der Waals surface area contributed by atoms with E-state index in [1.807, 2.05) is 48.5 Å². The molecule has 0 unspecified atom stereocenters. The average molecular weight is 523 g/mol. The number of carbonyl (C=O) groups is 3. The molecule has 8 nitrogen and oxygen atoms in total. The molecular formula is C25H23BrN4O4. The minimum Gasteiger partial charge on any atom is -0.482 e. The minimum absolute atomic E-state index is 0.0951. The molecular weight excluding hydrogens is 500 g/mol. The zero-order chi connectivity index (χ0) is 23.9. The number of benzene rings is 3. The molecule has 1 aliphatic heterocycles. The highest BCUT2D eigenvalue weighted by Gasteiger charge is 2.35. The van der Waals surface area contributed by atoms with Crippen LogP contribution in [0.25, 0.3) is 0 Å². The molecule has 3 aromatic carbocycles. The summed E-state index contributed by atoms with van der Waals surface area (Å²) in [7, 11) is 0. The van der Waals surface area contributed by atoms with E-state index < -0.39 is 5.92 Å². The number of hydrogen-bond donors (Lipinski definition) is 3. The highest BCUT2D eigenvalue weighted by molar-refractivity contribution is 9.10. The fourth-order valence-corrected chi connectivity index (χ4v) is 3.92. The van der Waals surface area contributed by atoms with Crippen molar-refractivity contribution in [1.82, 2.24) is 5.43 Å². The molecule has 9 heteroatoms. The van der Waals surface area contributed by atoms with Crippen LogP contribution < -0.4 is 25.8 Å². The molecule has 1 atom stereocenters. The number of anilines is 3. The topological polar surface area (TPSA) is 99.8 Å². The fourth-order valence-electron chi connectivity index (χ4n) is 3.56. The number of rotatable bonds is 8. The lowest BCUT2D eigenvalue weighted by atomic mass is 10.1. The molecule has 1 heterocycles. The Morgan fingerprint density at radius 1 is 1.00 bits per heavy atom. The first kappa shape index (κ1) is 23.3. The number of carbonyl (C=O) groups excluding carboxylic acids is 3. The van der Waals surface area contributed by atoms with E-state index in [1.165, 1.54) is 0 Å². The van der Waals surface area contributed by atoms with Crippen LogP contribution in [0.15, 0.2) is 83.3 Å². The minimum atomic E-state index is -0.492. The summed E-state index contributed by atoms with van der Waals surface area (Å²) in [6, 6.07) is 23.5. The summed E-state index contributed by atoms with van der Waals surface area (Å²) in [6.07, 6.45) is 0.129. The molecule has 1 saturated heterocycles. The van der Waals surface area contributed by atoms with Crippen molar-refractivity contribution < 1.29 is 19.1 Å². The number of halogens is 1. The van der Waals surface area contributed by atoms with Gasteiger partial charge in [-0.3, -0.25) is 25.2 Å². The molecule has 4 rings (SSSR count). The van der Waals surface area contributed by atoms with E-state index in [4.69, 9.17) is 4.74 Å². The average Bonchev–Trinajstić information content (AvgIpc) is 3.25. The van der Waals surface area contributed by atoms with E-state index in [-0.39, 0.29) is 30.7 Å². The van der Waals surface area contributed by atoms with Crippen LogP contribution >= 0.6 is 15.9 Å². The van der Waals surface area contributed by atoms with Gasteiger partial charge in [0.25, 0.3) is 5.91 Å². The smallest absolute Gasteiger partial charge is 0.262 e. The Balaban J connectivity index is 1.34. The van der Waals surface area contributed by atoms with Gasteiger partial charge in [-0.15, -0.1) is 0 Å². The van der Waals surface area contributed by atoms with E-state index in [0.717, 1.165) is 10.2 Å². The quantitative estimate of drug-likeness (QED) is 0.389. The van der Waals surface area contributed by atoms with Gasteiger partial charge in [0.1, 0.15) is 5.75 Å². The molecule has 34 heavy (non-hydrogen) atoms. The van der Waals surface area contributed by atoms with Gasteiger partial charge in [-0.1, -0.05) is 52.3 Å². The maximum absolute atomic E-state index is 12.7. The van der Waals surface area contributed by atoms with Crippen LogP contribution in [0, 0.1) is 5.92 Å². The second kappa shape index (κ2) is 10.8. The summed E-state index contributed by atoms with van der Waals surface area (Å²) in [5.41, 5.74) is 7.43. The Hall–Kier alpha value is -3.85. The second-order valence-electron chi connectivity index (χ2n) is 7.70. The van der Waals surface area contributed by atoms with Gasteiger partial charge in [0, 0.05) is 28.8 Å². The van der Waals surface area contributed by atoms with Gasteiger partial charge >= 0.3 is 0 Å². The lowest BCUT2D eigenvalue weighted by Gasteiger charge is -2.18. The van der Waals surface area contributed by atoms with Gasteiger partial charge in [0.15, 0.2) is 6.61 Å². The highest BCUT2D eigenvalue weighted by atomic mass is 79.9. The Labute approximate surface area is 205 Å². The van der Waals surface area contributed by atoms with Gasteiger partial charge in [-0.25, -0.2) is 0 Å². The van der Waals surface area contributed by atoms with Crippen molar-refractivity contribution in [3.05, 3.63) is 83.3 Å². The summed E-state index contributed by atoms with van der Waals surface area (Å²) in [5, 5.41) is 2.75. The van der Waals surface area contributed by atoms with Crippen LogP contribution in [-0.2, 0) is 14.4 Å². The van der Waals surface area contributed by atoms with Crippen molar-refractivity contribution in [2.45, 2.75) is 6.42 Å². The van der Waals surface area contributed by atoms with Gasteiger partial charge in [-0.2, -0.15) is 0 Å². The number of amides is 3. The van der Waals surface area contributed by atoms with Crippen molar-refractivity contribution in [2.75, 3.05) is 28.8 Å². The number of hydrogen-bond acceptors (Lipinski definition) is 5. The predicted octanol–water partition coefficient (Wildman–Crippen LogP) is 3.96. The van der Waals surface area contributed by atoms with Gasteiger partial charge < -0.3 is 15.0 Å². The third-order valence-corrected chi connectivity index (χ3v) is 5.74. The predicted molar refractivity (Wildman–Crippen MR) is 133 cm³/mol. The standard InChI is InChI=1S/C25H23BrN4O4/c26-18-11-12-22(34-16-23(31)27-19-7-3-1-4-8-19)21(14-18)28-29-25(33)17-13-24(32)30(15-17)20-9-5-2-6-10-20/h1-12,14,17,28H,13,15-16H2,(H,27,31)(H,29,33)/t17-/m1/s1. The van der Waals surface area contributed by atoms with Gasteiger partial charge in [-0.05, 0) is 42.5 Å². The number of ether oxygens (including phenoxy) is 1. The van der Waals surface area contributed by atoms with Crippen LogP contribution in [0.3, 0.4) is 0 Å². The van der Waals surface area contributed by atoms with Crippen LogP contribution in [0.1, 0.15) is 6.42 Å². The molecule has 1 fully saturated rings. The highest BCUT2D eigenvalue weighted by Crippen LogP contribution is 2.29. The van der Waals surface area contributed by atoms with E-state index in [2.05, 4.69) is 32.1 Å². The first-order valence-electron chi connectivity index (χ1n) is 10.7. The SMILES string of the molecule is O=C(COc1ccc(Br)cc1NNC(=O)[C@@H]1CC(=O)N(c2ccccc2)C1)Nc1ccccc1. The Morgan fingerprint density at radius 2 is 1.71 bits per heavy atom. The molecule has 3 N–H and O–H groups in total. The van der Waals surface area contributed by atoms with Crippen molar-refractivity contribution >= 4 is 50.7 Å².